The Kier molecular flexibility index (Phi) is 23.2. The third-order valence-electron chi connectivity index (χ3n) is 5.11. The smallest absolute Gasteiger partial charge is 0.324 e. The summed E-state index contributed by atoms with van der Waals surface area (Å²) in [5.41, 5.74) is 0. The third-order valence-corrected chi connectivity index (χ3v) is 6.00. The molecule has 0 saturated carbocycles. The van der Waals surface area contributed by atoms with Crippen LogP contribution in [0.25, 0.3) is 0 Å². The van der Waals surface area contributed by atoms with E-state index >= 15 is 0 Å². The Morgan fingerprint density at radius 3 is 1.48 bits per heavy atom. The molecule has 0 aliphatic rings. The van der Waals surface area contributed by atoms with Crippen molar-refractivity contribution in [1.82, 2.24) is 0 Å². The molecule has 5 heteroatoms. The second kappa shape index (κ2) is 20.2. The zero-order valence-electron chi connectivity index (χ0n) is 16.8. The maximum atomic E-state index is 10.7. The number of hydrogen-bond acceptors (Lipinski definition) is 1. The quantitative estimate of drug-likeness (QED) is 0.154. The van der Waals surface area contributed by atoms with E-state index in [0.717, 1.165) is 18.8 Å². The van der Waals surface area contributed by atoms with Gasteiger partial charge in [-0.15, -0.1) is 0 Å². The van der Waals surface area contributed by atoms with Gasteiger partial charge in [-0.3, -0.25) is 4.57 Å². The minimum atomic E-state index is -3.76. The fourth-order valence-electron chi connectivity index (χ4n) is 3.39. The van der Waals surface area contributed by atoms with Gasteiger partial charge in [0.15, 0.2) is 0 Å². The molecule has 1 atom stereocenters. The van der Waals surface area contributed by atoms with E-state index in [2.05, 4.69) is 13.8 Å². The molecule has 0 rings (SSSR count). The summed E-state index contributed by atoms with van der Waals surface area (Å²) in [6.45, 7) is 4.63. The molecule has 0 aliphatic heterocycles. The summed E-state index contributed by atoms with van der Waals surface area (Å²) in [5, 5.41) is 0. The van der Waals surface area contributed by atoms with Crippen molar-refractivity contribution in [2.75, 3.05) is 6.16 Å². The fourth-order valence-corrected chi connectivity index (χ4v) is 4.02. The summed E-state index contributed by atoms with van der Waals surface area (Å²) in [4.78, 5) is 17.5. The van der Waals surface area contributed by atoms with E-state index in [-0.39, 0.29) is 47.0 Å². The molecule has 0 aromatic heterocycles. The minimum absolute atomic E-state index is 0. The van der Waals surface area contributed by atoms with Gasteiger partial charge in [-0.25, -0.2) is 0 Å². The maximum Gasteiger partial charge on any atom is 0.325 e. The first kappa shape index (κ1) is 28.7. The van der Waals surface area contributed by atoms with Gasteiger partial charge < -0.3 is 9.79 Å². The van der Waals surface area contributed by atoms with Crippen molar-refractivity contribution >= 4 is 7.60 Å². The van der Waals surface area contributed by atoms with Crippen molar-refractivity contribution in [1.29, 1.82) is 0 Å². The van der Waals surface area contributed by atoms with Crippen molar-refractivity contribution in [2.45, 2.75) is 117 Å². The van der Waals surface area contributed by atoms with E-state index in [1.807, 2.05) is 0 Å². The molecule has 1 unspecified atom stereocenters. The molecule has 0 amide bonds. The average molecular weight is 507 g/mol. The SMILES string of the molecule is CCCCC(CC)CCCCCCCCCCCCCP(=O)(O)O.[Nd]. The molecule has 0 aromatic carbocycles. The molecule has 0 radical (unpaired) electrons. The molecule has 150 valence electrons. The van der Waals surface area contributed by atoms with Gasteiger partial charge in [0.05, 0.1) is 0 Å². The van der Waals surface area contributed by atoms with Gasteiger partial charge in [0.1, 0.15) is 0 Å². The van der Waals surface area contributed by atoms with Crippen LogP contribution < -0.4 is 0 Å². The second-order valence-electron chi connectivity index (χ2n) is 7.48. The number of unbranched alkanes of at least 4 members (excludes halogenated alkanes) is 11. The van der Waals surface area contributed by atoms with E-state index < -0.39 is 7.60 Å². The van der Waals surface area contributed by atoms with E-state index in [0.29, 0.717) is 6.42 Å². The Bertz CT molecular complexity index is 307. The number of rotatable bonds is 18. The Morgan fingerprint density at radius 1 is 0.680 bits per heavy atom. The third kappa shape index (κ3) is 23.5. The predicted octanol–water partition coefficient (Wildman–Crippen LogP) is 7.06. The maximum absolute atomic E-state index is 10.7. The summed E-state index contributed by atoms with van der Waals surface area (Å²) in [7, 11) is -3.76. The molecule has 25 heavy (non-hydrogen) atoms. The zero-order valence-corrected chi connectivity index (χ0v) is 21.0. The minimum Gasteiger partial charge on any atom is -0.324 e. The van der Waals surface area contributed by atoms with Crippen molar-refractivity contribution in [3.05, 3.63) is 0 Å². The predicted molar refractivity (Wildman–Crippen MR) is 106 cm³/mol. The molecule has 0 saturated heterocycles. The van der Waals surface area contributed by atoms with Gasteiger partial charge in [-0.1, -0.05) is 110 Å². The van der Waals surface area contributed by atoms with Crippen LogP contribution in [0.1, 0.15) is 117 Å². The molecule has 0 bridgehead atoms. The van der Waals surface area contributed by atoms with Crippen LogP contribution in [-0.4, -0.2) is 15.9 Å². The molecule has 0 heterocycles. The van der Waals surface area contributed by atoms with Crippen molar-refractivity contribution < 1.29 is 55.2 Å². The summed E-state index contributed by atoms with van der Waals surface area (Å²) < 4.78 is 10.7. The molecule has 3 nitrogen and oxygen atoms in total. The van der Waals surface area contributed by atoms with Gasteiger partial charge in [0.25, 0.3) is 0 Å². The first-order valence-electron chi connectivity index (χ1n) is 10.5. The standard InChI is InChI=1S/C20H43O3P.Nd/c1-3-5-17-20(4-2)18-15-13-11-9-7-6-8-10-12-14-16-19-24(21,22)23;/h20H,3-19H2,1-2H3,(H2,21,22,23);. The Morgan fingerprint density at radius 2 is 1.08 bits per heavy atom. The van der Waals surface area contributed by atoms with Crippen LogP contribution in [0, 0.1) is 46.8 Å². The monoisotopic (exact) mass is 504 g/mol. The van der Waals surface area contributed by atoms with Crippen molar-refractivity contribution in [3.63, 3.8) is 0 Å². The van der Waals surface area contributed by atoms with Crippen LogP contribution in [0.15, 0.2) is 0 Å². The average Bonchev–Trinajstić information content (AvgIpc) is 2.53. The first-order valence-corrected chi connectivity index (χ1v) is 12.3. The summed E-state index contributed by atoms with van der Waals surface area (Å²) >= 11 is 0. The van der Waals surface area contributed by atoms with Crippen LogP contribution in [0.2, 0.25) is 0 Å². The van der Waals surface area contributed by atoms with Gasteiger partial charge >= 0.3 is 7.60 Å². The van der Waals surface area contributed by atoms with Gasteiger partial charge in [0.2, 0.25) is 0 Å². The second-order valence-corrected chi connectivity index (χ2v) is 9.26. The van der Waals surface area contributed by atoms with Crippen LogP contribution in [0.4, 0.5) is 0 Å². The van der Waals surface area contributed by atoms with Crippen LogP contribution in [-0.2, 0) is 4.57 Å². The van der Waals surface area contributed by atoms with Gasteiger partial charge in [-0.2, -0.15) is 0 Å². The van der Waals surface area contributed by atoms with E-state index in [9.17, 15) is 4.57 Å². The summed E-state index contributed by atoms with van der Waals surface area (Å²) in [6, 6.07) is 0. The van der Waals surface area contributed by atoms with E-state index in [1.54, 1.807) is 0 Å². The van der Waals surface area contributed by atoms with Crippen LogP contribution >= 0.6 is 7.60 Å². The Hall–Kier alpha value is 1.50. The van der Waals surface area contributed by atoms with Crippen molar-refractivity contribution in [3.8, 4) is 0 Å². The summed E-state index contributed by atoms with van der Waals surface area (Å²) in [6.07, 6.45) is 20.6. The molecular weight excluding hydrogens is 463 g/mol. The van der Waals surface area contributed by atoms with Crippen LogP contribution in [0.3, 0.4) is 0 Å². The van der Waals surface area contributed by atoms with Crippen molar-refractivity contribution in [2.24, 2.45) is 5.92 Å². The number of hydrogen-bond donors (Lipinski definition) is 2. The Labute approximate surface area is 190 Å². The zero-order chi connectivity index (χ0) is 18.1. The Balaban J connectivity index is 0. The molecule has 0 fully saturated rings. The molecule has 2 N–H and O–H groups in total. The van der Waals surface area contributed by atoms with E-state index in [1.165, 1.54) is 83.5 Å². The first-order chi connectivity index (χ1) is 11.5. The molecule has 0 spiro atoms. The van der Waals surface area contributed by atoms with Crippen LogP contribution in [0.5, 0.6) is 0 Å². The molecule has 0 aromatic rings. The van der Waals surface area contributed by atoms with Gasteiger partial charge in [0, 0.05) is 47.0 Å². The largest absolute Gasteiger partial charge is 0.325 e. The topological polar surface area (TPSA) is 57.5 Å². The normalized spacial score (nSPS) is 12.8. The molecular formula is C20H43NdO3P. The fraction of sp³-hybridized carbons (Fsp3) is 1.00. The summed E-state index contributed by atoms with van der Waals surface area (Å²) in [5.74, 6) is 0.968. The van der Waals surface area contributed by atoms with Gasteiger partial charge in [-0.05, 0) is 12.3 Å². The molecule has 0 aliphatic carbocycles. The van der Waals surface area contributed by atoms with E-state index in [4.69, 9.17) is 9.79 Å².